The van der Waals surface area contributed by atoms with E-state index in [4.69, 9.17) is 0 Å². The molecule has 0 fully saturated rings. The first-order chi connectivity index (χ1) is 4.47. The summed E-state index contributed by atoms with van der Waals surface area (Å²) < 4.78 is 0. The van der Waals surface area contributed by atoms with Crippen LogP contribution >= 0.6 is 24.0 Å². The van der Waals surface area contributed by atoms with Crippen LogP contribution in [0.2, 0.25) is 0 Å². The van der Waals surface area contributed by atoms with Crippen LogP contribution in [0, 0.1) is 0 Å². The number of hydrogen-bond acceptors (Lipinski definition) is 1. The fraction of sp³-hybridized carbons (Fsp3) is 0. The van der Waals surface area contributed by atoms with Crippen LogP contribution in [0.4, 0.5) is 0 Å². The Labute approximate surface area is 82.6 Å². The third-order valence-corrected chi connectivity index (χ3v) is 1.46. The SMILES string of the molecule is I.N.c1ccc2[nH]ccc2c1. The predicted molar refractivity (Wildman–Crippen MR) is 58.7 cm³/mol. The van der Waals surface area contributed by atoms with E-state index in [-0.39, 0.29) is 30.1 Å². The van der Waals surface area contributed by atoms with Crippen LogP contribution in [-0.4, -0.2) is 4.98 Å². The third kappa shape index (κ3) is 1.94. The zero-order valence-electron chi connectivity index (χ0n) is 6.08. The van der Waals surface area contributed by atoms with Gasteiger partial charge in [0.25, 0.3) is 0 Å². The topological polar surface area (TPSA) is 50.8 Å². The van der Waals surface area contributed by atoms with Gasteiger partial charge in [-0.1, -0.05) is 18.2 Å². The molecule has 0 spiro atoms. The highest BCUT2D eigenvalue weighted by Gasteiger charge is 1.86. The minimum atomic E-state index is 0. The van der Waals surface area contributed by atoms with Crippen LogP contribution in [0.5, 0.6) is 0 Å². The molecule has 0 amide bonds. The van der Waals surface area contributed by atoms with E-state index in [0.717, 1.165) is 0 Å². The van der Waals surface area contributed by atoms with Gasteiger partial charge in [-0.05, 0) is 17.5 Å². The van der Waals surface area contributed by atoms with E-state index in [0.29, 0.717) is 0 Å². The molecule has 4 N–H and O–H groups in total. The Balaban J connectivity index is 0.000000500. The van der Waals surface area contributed by atoms with Crippen LogP contribution in [0.3, 0.4) is 0 Å². The van der Waals surface area contributed by atoms with E-state index < -0.39 is 0 Å². The van der Waals surface area contributed by atoms with Crippen molar-refractivity contribution in [2.45, 2.75) is 0 Å². The maximum atomic E-state index is 3.12. The molecular weight excluding hydrogens is 251 g/mol. The Kier molecular flexibility index (Phi) is 4.14. The van der Waals surface area contributed by atoms with Crippen molar-refractivity contribution in [2.24, 2.45) is 0 Å². The van der Waals surface area contributed by atoms with E-state index in [2.05, 4.69) is 23.2 Å². The van der Waals surface area contributed by atoms with Gasteiger partial charge in [-0.25, -0.2) is 0 Å². The summed E-state index contributed by atoms with van der Waals surface area (Å²) in [4.78, 5) is 3.12. The number of rotatable bonds is 0. The zero-order valence-corrected chi connectivity index (χ0v) is 8.41. The molecule has 0 aliphatic carbocycles. The van der Waals surface area contributed by atoms with E-state index in [1.165, 1.54) is 10.9 Å². The number of H-pyrrole nitrogens is 1. The largest absolute Gasteiger partial charge is 0.361 e. The third-order valence-electron chi connectivity index (χ3n) is 1.46. The molecule has 0 aliphatic rings. The van der Waals surface area contributed by atoms with Gasteiger partial charge in [-0.15, -0.1) is 24.0 Å². The lowest BCUT2D eigenvalue weighted by Gasteiger charge is -1.83. The lowest BCUT2D eigenvalue weighted by atomic mass is 10.3. The smallest absolute Gasteiger partial charge is 0.0453 e. The molecule has 11 heavy (non-hydrogen) atoms. The molecule has 0 aliphatic heterocycles. The highest BCUT2D eigenvalue weighted by molar-refractivity contribution is 14.0. The van der Waals surface area contributed by atoms with Crippen LogP contribution in [0.25, 0.3) is 10.9 Å². The van der Waals surface area contributed by atoms with Crippen molar-refractivity contribution in [3.05, 3.63) is 36.5 Å². The van der Waals surface area contributed by atoms with Gasteiger partial charge < -0.3 is 11.1 Å². The first-order valence-electron chi connectivity index (χ1n) is 2.99. The quantitative estimate of drug-likeness (QED) is 0.704. The molecule has 0 saturated heterocycles. The average Bonchev–Trinajstić information content (AvgIpc) is 2.33. The molecule has 1 aromatic heterocycles. The molecule has 0 atom stereocenters. The highest BCUT2D eigenvalue weighted by atomic mass is 127. The molecular formula is C8H11IN2. The minimum Gasteiger partial charge on any atom is -0.361 e. The molecule has 0 saturated carbocycles. The van der Waals surface area contributed by atoms with Crippen LogP contribution < -0.4 is 6.15 Å². The standard InChI is InChI=1S/C8H7N.HI.H3N/c1-2-4-8-7(3-1)5-6-9-8;;/h1-6,9H;1H;1H3. The summed E-state index contributed by atoms with van der Waals surface area (Å²) in [5.41, 5.74) is 1.21. The second-order valence-corrected chi connectivity index (χ2v) is 2.06. The number of aromatic nitrogens is 1. The lowest BCUT2D eigenvalue weighted by molar-refractivity contribution is 1.48. The summed E-state index contributed by atoms with van der Waals surface area (Å²) in [6.07, 6.45) is 1.95. The Hall–Kier alpha value is -0.550. The number of hydrogen-bond donors (Lipinski definition) is 2. The van der Waals surface area contributed by atoms with E-state index in [1.54, 1.807) is 0 Å². The first-order valence-corrected chi connectivity index (χ1v) is 2.99. The van der Waals surface area contributed by atoms with Gasteiger partial charge in [0.05, 0.1) is 0 Å². The normalized spacial score (nSPS) is 8.36. The van der Waals surface area contributed by atoms with Gasteiger partial charge in [-0.3, -0.25) is 0 Å². The molecule has 0 bridgehead atoms. The fourth-order valence-electron chi connectivity index (χ4n) is 0.995. The minimum absolute atomic E-state index is 0. The Morgan fingerprint density at radius 1 is 1.00 bits per heavy atom. The Bertz CT molecular complexity index is 286. The number of aromatic amines is 1. The monoisotopic (exact) mass is 262 g/mol. The number of fused-ring (bicyclic) bond motifs is 1. The number of nitrogens with one attached hydrogen (secondary N) is 1. The molecule has 1 heterocycles. The van der Waals surface area contributed by atoms with Gasteiger partial charge in [0.1, 0.15) is 0 Å². The molecule has 2 aromatic rings. The molecule has 3 heteroatoms. The van der Waals surface area contributed by atoms with Crippen LogP contribution in [0.15, 0.2) is 36.5 Å². The Morgan fingerprint density at radius 2 is 1.73 bits per heavy atom. The summed E-state index contributed by atoms with van der Waals surface area (Å²) in [5, 5.41) is 1.28. The molecule has 2 rings (SSSR count). The van der Waals surface area contributed by atoms with Crippen LogP contribution in [-0.2, 0) is 0 Å². The molecule has 2 nitrogen and oxygen atoms in total. The van der Waals surface area contributed by atoms with Crippen molar-refractivity contribution in [1.29, 1.82) is 0 Å². The maximum Gasteiger partial charge on any atom is 0.0453 e. The van der Waals surface area contributed by atoms with Crippen molar-refractivity contribution in [3.63, 3.8) is 0 Å². The van der Waals surface area contributed by atoms with E-state index in [9.17, 15) is 0 Å². The maximum absolute atomic E-state index is 3.12. The number of benzene rings is 1. The van der Waals surface area contributed by atoms with Gasteiger partial charge in [-0.2, -0.15) is 0 Å². The van der Waals surface area contributed by atoms with Crippen molar-refractivity contribution < 1.29 is 0 Å². The van der Waals surface area contributed by atoms with E-state index >= 15 is 0 Å². The second kappa shape index (κ2) is 4.35. The van der Waals surface area contributed by atoms with Crippen molar-refractivity contribution in [3.8, 4) is 0 Å². The molecule has 60 valence electrons. The summed E-state index contributed by atoms with van der Waals surface area (Å²) >= 11 is 0. The first kappa shape index (κ1) is 10.4. The van der Waals surface area contributed by atoms with E-state index in [1.807, 2.05) is 18.3 Å². The van der Waals surface area contributed by atoms with Gasteiger partial charge in [0.2, 0.25) is 0 Å². The summed E-state index contributed by atoms with van der Waals surface area (Å²) in [6, 6.07) is 10.3. The lowest BCUT2D eigenvalue weighted by Crippen LogP contribution is -1.61. The molecule has 0 radical (unpaired) electrons. The molecule has 1 aromatic carbocycles. The van der Waals surface area contributed by atoms with Crippen molar-refractivity contribution in [1.82, 2.24) is 11.1 Å². The van der Waals surface area contributed by atoms with Gasteiger partial charge >= 0.3 is 0 Å². The highest BCUT2D eigenvalue weighted by Crippen LogP contribution is 2.09. The zero-order chi connectivity index (χ0) is 6.10. The van der Waals surface area contributed by atoms with Crippen molar-refractivity contribution >= 4 is 34.9 Å². The predicted octanol–water partition coefficient (Wildman–Crippen LogP) is 2.95. The summed E-state index contributed by atoms with van der Waals surface area (Å²) in [7, 11) is 0. The van der Waals surface area contributed by atoms with Crippen LogP contribution in [0.1, 0.15) is 0 Å². The van der Waals surface area contributed by atoms with Gasteiger partial charge in [0.15, 0.2) is 0 Å². The molecule has 0 unspecified atom stereocenters. The summed E-state index contributed by atoms with van der Waals surface area (Å²) in [5.74, 6) is 0. The second-order valence-electron chi connectivity index (χ2n) is 2.06. The summed E-state index contributed by atoms with van der Waals surface area (Å²) in [6.45, 7) is 0. The fourth-order valence-corrected chi connectivity index (χ4v) is 0.995. The Morgan fingerprint density at radius 3 is 2.45 bits per heavy atom. The van der Waals surface area contributed by atoms with Crippen molar-refractivity contribution in [2.75, 3.05) is 0 Å². The average molecular weight is 262 g/mol. The number of halogens is 1. The number of para-hydroxylation sites is 1. The van der Waals surface area contributed by atoms with Gasteiger partial charge in [0, 0.05) is 11.7 Å².